The number of hydrogen-bond acceptors (Lipinski definition) is 5. The van der Waals surface area contributed by atoms with Crippen molar-refractivity contribution in [2.24, 2.45) is 0 Å². The standard InChI is InChI=1S/C22H29N3O4/c1-6-28-20(26)18-17(15-11-9-14(2)10-12-15)23-19(24-18)16-8-7-13-25(16)21(27)29-22(3,4)5/h9-12,16H,6-8,13H2,1-5H3,(H,23,24)/t16-/m0/s1. The number of imidazole rings is 1. The molecule has 1 aromatic heterocycles. The molecule has 1 aromatic carbocycles. The van der Waals surface area contributed by atoms with E-state index in [9.17, 15) is 9.59 Å². The van der Waals surface area contributed by atoms with Crippen molar-refractivity contribution in [1.82, 2.24) is 14.9 Å². The first-order chi connectivity index (χ1) is 13.7. The number of aromatic amines is 1. The minimum absolute atomic E-state index is 0.238. The molecule has 1 atom stereocenters. The lowest BCUT2D eigenvalue weighted by molar-refractivity contribution is 0.0218. The van der Waals surface area contributed by atoms with E-state index in [-0.39, 0.29) is 24.4 Å². The number of benzene rings is 1. The summed E-state index contributed by atoms with van der Waals surface area (Å²) in [4.78, 5) is 34.7. The van der Waals surface area contributed by atoms with Gasteiger partial charge in [0.25, 0.3) is 0 Å². The summed E-state index contributed by atoms with van der Waals surface area (Å²) in [7, 11) is 0. The summed E-state index contributed by atoms with van der Waals surface area (Å²) in [5, 5.41) is 0. The molecule has 0 saturated carbocycles. The highest BCUT2D eigenvalue weighted by atomic mass is 16.6. The Morgan fingerprint density at radius 3 is 2.55 bits per heavy atom. The minimum atomic E-state index is -0.573. The summed E-state index contributed by atoms with van der Waals surface area (Å²) in [6, 6.07) is 7.57. The van der Waals surface area contributed by atoms with E-state index in [1.54, 1.807) is 11.8 Å². The Labute approximate surface area is 171 Å². The number of carbonyl (C=O) groups excluding carboxylic acids is 2. The van der Waals surface area contributed by atoms with E-state index in [1.807, 2.05) is 52.0 Å². The number of likely N-dealkylation sites (tertiary alicyclic amines) is 1. The first-order valence-electron chi connectivity index (χ1n) is 10.0. The lowest BCUT2D eigenvalue weighted by Crippen LogP contribution is -2.36. The fraction of sp³-hybridized carbons (Fsp3) is 0.500. The summed E-state index contributed by atoms with van der Waals surface area (Å²) >= 11 is 0. The Kier molecular flexibility index (Phi) is 5.96. The van der Waals surface area contributed by atoms with Gasteiger partial charge in [-0.15, -0.1) is 0 Å². The third-order valence-electron chi connectivity index (χ3n) is 4.73. The van der Waals surface area contributed by atoms with Crippen LogP contribution in [0.4, 0.5) is 4.79 Å². The lowest BCUT2D eigenvalue weighted by atomic mass is 10.1. The number of rotatable bonds is 4. The Balaban J connectivity index is 1.96. The molecule has 1 saturated heterocycles. The molecule has 1 aliphatic heterocycles. The zero-order valence-corrected chi connectivity index (χ0v) is 17.7. The first kappa shape index (κ1) is 20.9. The maximum atomic E-state index is 12.7. The van der Waals surface area contributed by atoms with Gasteiger partial charge in [-0.05, 0) is 47.5 Å². The van der Waals surface area contributed by atoms with E-state index in [0.29, 0.717) is 18.1 Å². The van der Waals surface area contributed by atoms with Gasteiger partial charge >= 0.3 is 12.1 Å². The topological polar surface area (TPSA) is 84.5 Å². The third kappa shape index (κ3) is 4.78. The highest BCUT2D eigenvalue weighted by Gasteiger charge is 2.36. The Bertz CT molecular complexity index is 880. The Morgan fingerprint density at radius 2 is 1.93 bits per heavy atom. The lowest BCUT2D eigenvalue weighted by Gasteiger charge is -2.27. The zero-order valence-electron chi connectivity index (χ0n) is 17.7. The molecular weight excluding hydrogens is 370 g/mol. The van der Waals surface area contributed by atoms with Crippen molar-refractivity contribution in [3.63, 3.8) is 0 Å². The summed E-state index contributed by atoms with van der Waals surface area (Å²) in [6.45, 7) is 10.2. The van der Waals surface area contributed by atoms with Crippen molar-refractivity contribution in [2.45, 2.75) is 59.1 Å². The SMILES string of the molecule is CCOC(=O)c1nc([C@@H]2CCCN2C(=O)OC(C)(C)C)[nH]c1-c1ccc(C)cc1. The van der Waals surface area contributed by atoms with Crippen molar-refractivity contribution < 1.29 is 19.1 Å². The fourth-order valence-electron chi connectivity index (χ4n) is 3.42. The largest absolute Gasteiger partial charge is 0.461 e. The van der Waals surface area contributed by atoms with Crippen LogP contribution in [0.2, 0.25) is 0 Å². The number of ether oxygens (including phenoxy) is 2. The second-order valence-corrected chi connectivity index (χ2v) is 8.26. The van der Waals surface area contributed by atoms with Crippen molar-refractivity contribution in [3.8, 4) is 11.3 Å². The average Bonchev–Trinajstić information content (AvgIpc) is 3.28. The number of nitrogens with zero attached hydrogens (tertiary/aromatic N) is 2. The van der Waals surface area contributed by atoms with Crippen LogP contribution in [0.1, 0.15) is 68.5 Å². The second-order valence-electron chi connectivity index (χ2n) is 8.26. The van der Waals surface area contributed by atoms with Gasteiger partial charge in [0.2, 0.25) is 0 Å². The molecule has 1 aliphatic rings. The highest BCUT2D eigenvalue weighted by Crippen LogP contribution is 2.34. The maximum absolute atomic E-state index is 12.7. The molecule has 156 valence electrons. The van der Waals surface area contributed by atoms with Crippen LogP contribution in [-0.2, 0) is 9.47 Å². The van der Waals surface area contributed by atoms with E-state index in [2.05, 4.69) is 9.97 Å². The van der Waals surface area contributed by atoms with E-state index in [1.165, 1.54) is 0 Å². The molecule has 2 aromatic rings. The number of carbonyl (C=O) groups is 2. The van der Waals surface area contributed by atoms with Crippen LogP contribution in [0.25, 0.3) is 11.3 Å². The molecule has 7 nitrogen and oxygen atoms in total. The van der Waals surface area contributed by atoms with Crippen LogP contribution in [-0.4, -0.2) is 45.7 Å². The number of H-pyrrole nitrogens is 1. The van der Waals surface area contributed by atoms with Gasteiger partial charge in [-0.1, -0.05) is 29.8 Å². The number of aromatic nitrogens is 2. The van der Waals surface area contributed by atoms with E-state index < -0.39 is 11.6 Å². The van der Waals surface area contributed by atoms with Gasteiger partial charge in [0.1, 0.15) is 11.4 Å². The highest BCUT2D eigenvalue weighted by molar-refractivity contribution is 5.94. The van der Waals surface area contributed by atoms with Gasteiger partial charge < -0.3 is 14.5 Å². The number of amides is 1. The molecule has 1 N–H and O–H groups in total. The summed E-state index contributed by atoms with van der Waals surface area (Å²) in [5.41, 5.74) is 2.24. The van der Waals surface area contributed by atoms with Crippen LogP contribution < -0.4 is 0 Å². The average molecular weight is 399 g/mol. The van der Waals surface area contributed by atoms with Crippen LogP contribution >= 0.6 is 0 Å². The quantitative estimate of drug-likeness (QED) is 0.758. The smallest absolute Gasteiger partial charge is 0.410 e. The number of hydrogen-bond donors (Lipinski definition) is 1. The molecule has 3 rings (SSSR count). The summed E-state index contributed by atoms with van der Waals surface area (Å²) in [5.74, 6) is 0.0966. The normalized spacial score (nSPS) is 16.7. The number of aryl methyl sites for hydroxylation is 1. The molecule has 1 amide bonds. The molecule has 7 heteroatoms. The number of nitrogens with one attached hydrogen (secondary N) is 1. The van der Waals surface area contributed by atoms with E-state index >= 15 is 0 Å². The Morgan fingerprint density at radius 1 is 1.24 bits per heavy atom. The van der Waals surface area contributed by atoms with Gasteiger partial charge in [-0.3, -0.25) is 4.90 Å². The minimum Gasteiger partial charge on any atom is -0.461 e. The molecule has 29 heavy (non-hydrogen) atoms. The van der Waals surface area contributed by atoms with Gasteiger partial charge in [0.15, 0.2) is 5.69 Å². The maximum Gasteiger partial charge on any atom is 0.410 e. The van der Waals surface area contributed by atoms with E-state index in [0.717, 1.165) is 24.0 Å². The van der Waals surface area contributed by atoms with Gasteiger partial charge in [0.05, 0.1) is 18.3 Å². The molecule has 0 bridgehead atoms. The molecular formula is C22H29N3O4. The van der Waals surface area contributed by atoms with Crippen LogP contribution in [0.3, 0.4) is 0 Å². The van der Waals surface area contributed by atoms with Crippen LogP contribution in [0.5, 0.6) is 0 Å². The van der Waals surface area contributed by atoms with Crippen molar-refractivity contribution in [3.05, 3.63) is 41.3 Å². The summed E-state index contributed by atoms with van der Waals surface area (Å²) in [6.07, 6.45) is 1.23. The Hall–Kier alpha value is -2.83. The van der Waals surface area contributed by atoms with Gasteiger partial charge in [0, 0.05) is 12.1 Å². The zero-order chi connectivity index (χ0) is 21.2. The number of esters is 1. The fourth-order valence-corrected chi connectivity index (χ4v) is 3.42. The van der Waals surface area contributed by atoms with Gasteiger partial charge in [-0.25, -0.2) is 14.6 Å². The molecule has 0 spiro atoms. The van der Waals surface area contributed by atoms with Crippen molar-refractivity contribution >= 4 is 12.1 Å². The molecule has 0 unspecified atom stereocenters. The van der Waals surface area contributed by atoms with Crippen LogP contribution in [0, 0.1) is 6.92 Å². The molecule has 0 radical (unpaired) electrons. The second kappa shape index (κ2) is 8.27. The molecule has 2 heterocycles. The van der Waals surface area contributed by atoms with Crippen molar-refractivity contribution in [2.75, 3.05) is 13.2 Å². The monoisotopic (exact) mass is 399 g/mol. The van der Waals surface area contributed by atoms with E-state index in [4.69, 9.17) is 9.47 Å². The molecule has 0 aliphatic carbocycles. The first-order valence-corrected chi connectivity index (χ1v) is 10.0. The predicted molar refractivity (Wildman–Crippen MR) is 110 cm³/mol. The molecule has 1 fully saturated rings. The third-order valence-corrected chi connectivity index (χ3v) is 4.73. The van der Waals surface area contributed by atoms with Crippen molar-refractivity contribution in [1.29, 1.82) is 0 Å². The van der Waals surface area contributed by atoms with Gasteiger partial charge in [-0.2, -0.15) is 0 Å². The predicted octanol–water partition coefficient (Wildman–Crippen LogP) is 4.63. The van der Waals surface area contributed by atoms with Crippen LogP contribution in [0.15, 0.2) is 24.3 Å². The summed E-state index contributed by atoms with van der Waals surface area (Å²) < 4.78 is 10.8.